The molecule has 0 bridgehead atoms. The van der Waals surface area contributed by atoms with Crippen LogP contribution in [0.2, 0.25) is 0 Å². The second kappa shape index (κ2) is 5.18. The zero-order valence-electron chi connectivity index (χ0n) is 10.0. The molecule has 0 N–H and O–H groups in total. The second-order valence-corrected chi connectivity index (χ2v) is 4.20. The SMILES string of the molecule is C=CC(=O)N1CCN(CC2=NC(C)N=N2)CC1. The van der Waals surface area contributed by atoms with Crippen LogP contribution in [0.15, 0.2) is 27.9 Å². The normalized spacial score (nSPS) is 24.9. The van der Waals surface area contributed by atoms with Gasteiger partial charge in [-0.1, -0.05) is 6.58 Å². The first-order chi connectivity index (χ1) is 8.19. The summed E-state index contributed by atoms with van der Waals surface area (Å²) in [4.78, 5) is 19.7. The van der Waals surface area contributed by atoms with E-state index in [1.807, 2.05) is 11.8 Å². The van der Waals surface area contributed by atoms with Gasteiger partial charge in [0.25, 0.3) is 0 Å². The van der Waals surface area contributed by atoms with E-state index in [4.69, 9.17) is 0 Å². The van der Waals surface area contributed by atoms with Gasteiger partial charge in [-0.2, -0.15) is 5.11 Å². The van der Waals surface area contributed by atoms with Crippen molar-refractivity contribution >= 4 is 11.7 Å². The third kappa shape index (κ3) is 2.97. The van der Waals surface area contributed by atoms with Crippen molar-refractivity contribution in [2.24, 2.45) is 15.2 Å². The van der Waals surface area contributed by atoms with E-state index in [9.17, 15) is 4.79 Å². The summed E-state index contributed by atoms with van der Waals surface area (Å²) in [7, 11) is 0. The van der Waals surface area contributed by atoms with Crippen LogP contribution in [0.25, 0.3) is 0 Å². The molecular formula is C11H17N5O. The number of hydrogen-bond acceptors (Lipinski definition) is 5. The van der Waals surface area contributed by atoms with Crippen molar-refractivity contribution in [3.63, 3.8) is 0 Å². The quantitative estimate of drug-likeness (QED) is 0.670. The first-order valence-corrected chi connectivity index (χ1v) is 5.80. The molecule has 0 aromatic heterocycles. The van der Waals surface area contributed by atoms with Gasteiger partial charge in [-0.3, -0.25) is 9.69 Å². The number of amides is 1. The number of nitrogens with zero attached hydrogens (tertiary/aromatic N) is 5. The molecule has 17 heavy (non-hydrogen) atoms. The van der Waals surface area contributed by atoms with Gasteiger partial charge in [0.1, 0.15) is 0 Å². The second-order valence-electron chi connectivity index (χ2n) is 4.20. The minimum atomic E-state index is -0.0337. The fourth-order valence-corrected chi connectivity index (χ4v) is 1.95. The lowest BCUT2D eigenvalue weighted by atomic mass is 10.3. The van der Waals surface area contributed by atoms with Gasteiger partial charge in [-0.05, 0) is 13.0 Å². The summed E-state index contributed by atoms with van der Waals surface area (Å²) in [6, 6.07) is 0. The first-order valence-electron chi connectivity index (χ1n) is 5.80. The number of hydrogen-bond donors (Lipinski definition) is 0. The Morgan fingerprint density at radius 2 is 2.18 bits per heavy atom. The summed E-state index contributed by atoms with van der Waals surface area (Å²) >= 11 is 0. The molecular weight excluding hydrogens is 218 g/mol. The Balaban J connectivity index is 1.80. The fourth-order valence-electron chi connectivity index (χ4n) is 1.95. The maximum atomic E-state index is 11.4. The van der Waals surface area contributed by atoms with Gasteiger partial charge in [-0.15, -0.1) is 5.11 Å². The number of aliphatic imine (C=N–C) groups is 1. The van der Waals surface area contributed by atoms with Crippen molar-refractivity contribution < 1.29 is 4.79 Å². The molecule has 1 amide bonds. The molecule has 0 saturated carbocycles. The highest BCUT2D eigenvalue weighted by molar-refractivity contribution is 5.87. The van der Waals surface area contributed by atoms with Crippen molar-refractivity contribution in [3.05, 3.63) is 12.7 Å². The molecule has 1 saturated heterocycles. The summed E-state index contributed by atoms with van der Waals surface area (Å²) in [5.74, 6) is 0.803. The molecule has 0 aromatic rings. The molecule has 0 spiro atoms. The Morgan fingerprint density at radius 3 is 2.71 bits per heavy atom. The molecule has 6 heteroatoms. The molecule has 6 nitrogen and oxygen atoms in total. The molecule has 0 radical (unpaired) electrons. The molecule has 2 aliphatic rings. The number of azo groups is 1. The Morgan fingerprint density at radius 1 is 1.47 bits per heavy atom. The van der Waals surface area contributed by atoms with Gasteiger partial charge in [0.15, 0.2) is 12.0 Å². The van der Waals surface area contributed by atoms with E-state index < -0.39 is 0 Å². The third-order valence-electron chi connectivity index (χ3n) is 2.90. The summed E-state index contributed by atoms with van der Waals surface area (Å²) in [6.45, 7) is 9.32. The fraction of sp³-hybridized carbons (Fsp3) is 0.636. The van der Waals surface area contributed by atoms with E-state index in [2.05, 4.69) is 26.7 Å². The van der Waals surface area contributed by atoms with Crippen LogP contribution >= 0.6 is 0 Å². The van der Waals surface area contributed by atoms with Crippen LogP contribution in [0.4, 0.5) is 0 Å². The highest BCUT2D eigenvalue weighted by Crippen LogP contribution is 2.08. The largest absolute Gasteiger partial charge is 0.337 e. The minimum absolute atomic E-state index is 0.0103. The number of amidine groups is 1. The number of piperazine rings is 1. The Hall–Kier alpha value is -1.56. The lowest BCUT2D eigenvalue weighted by Gasteiger charge is -2.33. The molecule has 2 aliphatic heterocycles. The van der Waals surface area contributed by atoms with Crippen molar-refractivity contribution in [3.8, 4) is 0 Å². The molecule has 2 rings (SSSR count). The van der Waals surface area contributed by atoms with Gasteiger partial charge in [-0.25, -0.2) is 4.99 Å². The average molecular weight is 235 g/mol. The topological polar surface area (TPSA) is 60.6 Å². The summed E-state index contributed by atoms with van der Waals surface area (Å²) in [5.41, 5.74) is 0. The van der Waals surface area contributed by atoms with Crippen LogP contribution in [0.5, 0.6) is 0 Å². The molecule has 0 aliphatic carbocycles. The summed E-state index contributed by atoms with van der Waals surface area (Å²) in [5, 5.41) is 7.97. The van der Waals surface area contributed by atoms with Crippen LogP contribution in [-0.4, -0.2) is 60.4 Å². The molecule has 1 atom stereocenters. The Kier molecular flexibility index (Phi) is 3.63. The van der Waals surface area contributed by atoms with Crippen molar-refractivity contribution in [1.82, 2.24) is 9.80 Å². The van der Waals surface area contributed by atoms with Gasteiger partial charge in [0.05, 0.1) is 6.54 Å². The van der Waals surface area contributed by atoms with Crippen molar-refractivity contribution in [2.75, 3.05) is 32.7 Å². The predicted octanol–water partition coefficient (Wildman–Crippen LogP) is 0.527. The van der Waals surface area contributed by atoms with E-state index in [1.165, 1.54) is 6.08 Å². The maximum absolute atomic E-state index is 11.4. The standard InChI is InChI=1S/C11H17N5O/c1-3-11(17)16-6-4-15(5-7-16)8-10-12-9(2)13-14-10/h3,9H,1,4-8H2,2H3. The number of carbonyl (C=O) groups is 1. The smallest absolute Gasteiger partial charge is 0.246 e. The van der Waals surface area contributed by atoms with Gasteiger partial charge >= 0.3 is 0 Å². The Labute approximate surface area is 101 Å². The lowest BCUT2D eigenvalue weighted by molar-refractivity contribution is -0.127. The van der Waals surface area contributed by atoms with Crippen LogP contribution in [-0.2, 0) is 4.79 Å². The van der Waals surface area contributed by atoms with Crippen LogP contribution in [0.1, 0.15) is 6.92 Å². The van der Waals surface area contributed by atoms with Crippen molar-refractivity contribution in [2.45, 2.75) is 13.1 Å². The van der Waals surface area contributed by atoms with Crippen LogP contribution < -0.4 is 0 Å². The predicted molar refractivity (Wildman–Crippen MR) is 65.0 cm³/mol. The van der Waals surface area contributed by atoms with Crippen LogP contribution in [0.3, 0.4) is 0 Å². The highest BCUT2D eigenvalue weighted by Gasteiger charge is 2.21. The van der Waals surface area contributed by atoms with E-state index in [-0.39, 0.29) is 12.1 Å². The zero-order chi connectivity index (χ0) is 12.3. The first kappa shape index (κ1) is 11.9. The summed E-state index contributed by atoms with van der Waals surface area (Å²) in [6.07, 6.45) is 1.33. The van der Waals surface area contributed by atoms with E-state index in [0.29, 0.717) is 0 Å². The third-order valence-corrected chi connectivity index (χ3v) is 2.90. The van der Waals surface area contributed by atoms with Crippen LogP contribution in [0, 0.1) is 0 Å². The zero-order valence-corrected chi connectivity index (χ0v) is 10.0. The Bertz CT molecular complexity index is 368. The van der Waals surface area contributed by atoms with Crippen molar-refractivity contribution in [1.29, 1.82) is 0 Å². The monoisotopic (exact) mass is 235 g/mol. The van der Waals surface area contributed by atoms with E-state index in [0.717, 1.165) is 38.6 Å². The number of rotatable bonds is 3. The lowest BCUT2D eigenvalue weighted by Crippen LogP contribution is -2.49. The highest BCUT2D eigenvalue weighted by atomic mass is 16.2. The average Bonchev–Trinajstić information content (AvgIpc) is 2.75. The summed E-state index contributed by atoms with van der Waals surface area (Å²) < 4.78 is 0. The molecule has 0 aromatic carbocycles. The molecule has 1 unspecified atom stereocenters. The molecule has 92 valence electrons. The molecule has 2 heterocycles. The van der Waals surface area contributed by atoms with E-state index >= 15 is 0 Å². The van der Waals surface area contributed by atoms with E-state index in [1.54, 1.807) is 0 Å². The van der Waals surface area contributed by atoms with Gasteiger partial charge in [0.2, 0.25) is 5.91 Å². The molecule has 1 fully saturated rings. The maximum Gasteiger partial charge on any atom is 0.246 e. The minimum Gasteiger partial charge on any atom is -0.337 e. The van der Waals surface area contributed by atoms with Gasteiger partial charge < -0.3 is 4.90 Å². The van der Waals surface area contributed by atoms with Gasteiger partial charge in [0, 0.05) is 26.2 Å². The number of carbonyl (C=O) groups excluding carboxylic acids is 1.